The molecule has 0 saturated heterocycles. The Bertz CT molecular complexity index is 721. The average molecular weight is 372 g/mol. The maximum atomic E-state index is 12.2. The highest BCUT2D eigenvalue weighted by atomic mass is 16.3. The molecule has 0 fully saturated rings. The fourth-order valence-corrected chi connectivity index (χ4v) is 2.75. The molecular formula is C22H33N3O2. The highest BCUT2D eigenvalue weighted by molar-refractivity contribution is 5.92. The molecule has 2 rings (SSSR count). The number of amides is 1. The Morgan fingerprint density at radius 3 is 2.41 bits per heavy atom. The SMILES string of the molecule is CC[C@H](C)NC(=O)c1coc(CN(Cc2ccc(C)cc2)[C@@H](C)C(C)C)n1. The van der Waals surface area contributed by atoms with Crippen molar-refractivity contribution in [3.8, 4) is 0 Å². The van der Waals surface area contributed by atoms with Gasteiger partial charge in [-0.1, -0.05) is 50.6 Å². The van der Waals surface area contributed by atoms with Crippen LogP contribution in [0.5, 0.6) is 0 Å². The molecule has 1 amide bonds. The monoisotopic (exact) mass is 371 g/mol. The van der Waals surface area contributed by atoms with Gasteiger partial charge in [0.15, 0.2) is 5.69 Å². The highest BCUT2D eigenvalue weighted by Gasteiger charge is 2.21. The third kappa shape index (κ3) is 6.21. The number of aryl methyl sites for hydroxylation is 1. The Hall–Kier alpha value is -2.14. The van der Waals surface area contributed by atoms with E-state index in [1.165, 1.54) is 17.4 Å². The Kier molecular flexibility index (Phi) is 7.60. The van der Waals surface area contributed by atoms with Crippen molar-refractivity contribution in [1.29, 1.82) is 0 Å². The van der Waals surface area contributed by atoms with E-state index in [9.17, 15) is 4.79 Å². The molecule has 2 aromatic rings. The lowest BCUT2D eigenvalue weighted by atomic mass is 10.0. The molecule has 0 saturated carbocycles. The maximum absolute atomic E-state index is 12.2. The second-order valence-electron chi connectivity index (χ2n) is 7.78. The zero-order chi connectivity index (χ0) is 20.0. The zero-order valence-corrected chi connectivity index (χ0v) is 17.5. The van der Waals surface area contributed by atoms with Crippen LogP contribution in [0.4, 0.5) is 0 Å². The summed E-state index contributed by atoms with van der Waals surface area (Å²) < 4.78 is 5.60. The first-order chi connectivity index (χ1) is 12.8. The number of hydrogen-bond donors (Lipinski definition) is 1. The van der Waals surface area contributed by atoms with E-state index in [0.717, 1.165) is 13.0 Å². The second-order valence-corrected chi connectivity index (χ2v) is 7.78. The van der Waals surface area contributed by atoms with Crippen molar-refractivity contribution in [1.82, 2.24) is 15.2 Å². The third-order valence-corrected chi connectivity index (χ3v) is 5.16. The van der Waals surface area contributed by atoms with E-state index < -0.39 is 0 Å². The molecule has 1 aromatic carbocycles. The van der Waals surface area contributed by atoms with Gasteiger partial charge >= 0.3 is 0 Å². The largest absolute Gasteiger partial charge is 0.447 e. The first-order valence-corrected chi connectivity index (χ1v) is 9.85. The molecular weight excluding hydrogens is 338 g/mol. The van der Waals surface area contributed by atoms with Crippen molar-refractivity contribution >= 4 is 5.91 Å². The summed E-state index contributed by atoms with van der Waals surface area (Å²) in [7, 11) is 0. The molecule has 5 heteroatoms. The maximum Gasteiger partial charge on any atom is 0.273 e. The molecule has 148 valence electrons. The Morgan fingerprint density at radius 2 is 1.81 bits per heavy atom. The number of carbonyl (C=O) groups excluding carboxylic acids is 1. The fourth-order valence-electron chi connectivity index (χ4n) is 2.75. The van der Waals surface area contributed by atoms with Crippen LogP contribution >= 0.6 is 0 Å². The quantitative estimate of drug-likeness (QED) is 0.702. The van der Waals surface area contributed by atoms with Gasteiger partial charge in [0.25, 0.3) is 5.91 Å². The van der Waals surface area contributed by atoms with Gasteiger partial charge in [-0.05, 0) is 38.7 Å². The van der Waals surface area contributed by atoms with Gasteiger partial charge < -0.3 is 9.73 Å². The van der Waals surface area contributed by atoms with Gasteiger partial charge in [0.2, 0.25) is 5.89 Å². The van der Waals surface area contributed by atoms with Crippen molar-refractivity contribution in [3.05, 3.63) is 53.2 Å². The van der Waals surface area contributed by atoms with Gasteiger partial charge in [-0.2, -0.15) is 0 Å². The van der Waals surface area contributed by atoms with E-state index in [1.807, 2.05) is 13.8 Å². The van der Waals surface area contributed by atoms with Crippen LogP contribution in [-0.2, 0) is 13.1 Å². The van der Waals surface area contributed by atoms with E-state index in [4.69, 9.17) is 4.42 Å². The van der Waals surface area contributed by atoms with Gasteiger partial charge in [0.1, 0.15) is 6.26 Å². The van der Waals surface area contributed by atoms with Crippen LogP contribution < -0.4 is 5.32 Å². The summed E-state index contributed by atoms with van der Waals surface area (Å²) in [6, 6.07) is 9.07. The van der Waals surface area contributed by atoms with Crippen LogP contribution in [0, 0.1) is 12.8 Å². The van der Waals surface area contributed by atoms with Crippen LogP contribution in [0.1, 0.15) is 68.5 Å². The summed E-state index contributed by atoms with van der Waals surface area (Å²) in [6.07, 6.45) is 2.34. The molecule has 27 heavy (non-hydrogen) atoms. The van der Waals surface area contributed by atoms with E-state index in [2.05, 4.69) is 67.2 Å². The van der Waals surface area contributed by atoms with E-state index >= 15 is 0 Å². The lowest BCUT2D eigenvalue weighted by Gasteiger charge is -2.30. The predicted octanol–water partition coefficient (Wildman–Crippen LogP) is 4.56. The molecule has 0 spiro atoms. The van der Waals surface area contributed by atoms with Crippen LogP contribution in [0.3, 0.4) is 0 Å². The summed E-state index contributed by atoms with van der Waals surface area (Å²) in [5.74, 6) is 0.892. The van der Waals surface area contributed by atoms with Crippen molar-refractivity contribution in [3.63, 3.8) is 0 Å². The Morgan fingerprint density at radius 1 is 1.15 bits per heavy atom. The third-order valence-electron chi connectivity index (χ3n) is 5.16. The molecule has 0 unspecified atom stereocenters. The number of benzene rings is 1. The van der Waals surface area contributed by atoms with Crippen molar-refractivity contribution < 1.29 is 9.21 Å². The summed E-state index contributed by atoms with van der Waals surface area (Å²) in [5, 5.41) is 2.92. The molecule has 1 aromatic heterocycles. The minimum absolute atomic E-state index is 0.122. The normalized spacial score (nSPS) is 13.8. The molecule has 0 aliphatic rings. The first-order valence-electron chi connectivity index (χ1n) is 9.85. The number of rotatable bonds is 9. The molecule has 1 heterocycles. The second kappa shape index (κ2) is 9.70. The van der Waals surface area contributed by atoms with Crippen molar-refractivity contribution in [2.24, 2.45) is 5.92 Å². The van der Waals surface area contributed by atoms with Gasteiger partial charge in [0.05, 0.1) is 6.54 Å². The number of nitrogens with zero attached hydrogens (tertiary/aromatic N) is 2. The van der Waals surface area contributed by atoms with Gasteiger partial charge in [0, 0.05) is 18.6 Å². The summed E-state index contributed by atoms with van der Waals surface area (Å²) in [4.78, 5) is 19.0. The molecule has 0 aliphatic heterocycles. The number of oxazole rings is 1. The van der Waals surface area contributed by atoms with Crippen LogP contribution in [0.15, 0.2) is 34.9 Å². The topological polar surface area (TPSA) is 58.4 Å². The van der Waals surface area contributed by atoms with Crippen LogP contribution in [-0.4, -0.2) is 27.9 Å². The average Bonchev–Trinajstić information content (AvgIpc) is 3.10. The van der Waals surface area contributed by atoms with E-state index in [0.29, 0.717) is 30.1 Å². The number of carbonyl (C=O) groups is 1. The Labute approximate surface area is 163 Å². The number of hydrogen-bond acceptors (Lipinski definition) is 4. The van der Waals surface area contributed by atoms with E-state index in [1.54, 1.807) is 0 Å². The van der Waals surface area contributed by atoms with Crippen LogP contribution in [0.2, 0.25) is 0 Å². The molecule has 1 N–H and O–H groups in total. The lowest BCUT2D eigenvalue weighted by molar-refractivity contribution is 0.0934. The van der Waals surface area contributed by atoms with Crippen molar-refractivity contribution in [2.75, 3.05) is 0 Å². The number of aromatic nitrogens is 1. The zero-order valence-electron chi connectivity index (χ0n) is 17.5. The summed E-state index contributed by atoms with van der Waals surface area (Å²) in [6.45, 7) is 14.2. The van der Waals surface area contributed by atoms with Crippen molar-refractivity contribution in [2.45, 2.75) is 73.1 Å². The standard InChI is InChI=1S/C22H33N3O2/c1-7-17(5)23-22(26)20-14-27-21(24-20)13-25(18(6)15(2)3)12-19-10-8-16(4)9-11-19/h8-11,14-15,17-18H,7,12-13H2,1-6H3,(H,23,26)/t17-,18-/m0/s1. The van der Waals surface area contributed by atoms with Gasteiger partial charge in [-0.25, -0.2) is 4.98 Å². The Balaban J connectivity index is 2.11. The number of nitrogens with one attached hydrogen (secondary N) is 1. The molecule has 2 atom stereocenters. The molecule has 0 aliphatic carbocycles. The van der Waals surface area contributed by atoms with E-state index in [-0.39, 0.29) is 11.9 Å². The molecule has 5 nitrogen and oxygen atoms in total. The minimum atomic E-state index is -0.179. The summed E-state index contributed by atoms with van der Waals surface area (Å²) >= 11 is 0. The lowest BCUT2D eigenvalue weighted by Crippen LogP contribution is -2.36. The van der Waals surface area contributed by atoms with Gasteiger partial charge in [-0.15, -0.1) is 0 Å². The van der Waals surface area contributed by atoms with Crippen LogP contribution in [0.25, 0.3) is 0 Å². The smallest absolute Gasteiger partial charge is 0.273 e. The highest BCUT2D eigenvalue weighted by Crippen LogP contribution is 2.18. The summed E-state index contributed by atoms with van der Waals surface area (Å²) in [5.41, 5.74) is 2.86. The molecule has 0 radical (unpaired) electrons. The fraction of sp³-hybridized carbons (Fsp3) is 0.545. The predicted molar refractivity (Wildman–Crippen MR) is 108 cm³/mol. The minimum Gasteiger partial charge on any atom is -0.447 e. The first kappa shape index (κ1) is 21.2. The van der Waals surface area contributed by atoms with Gasteiger partial charge in [-0.3, -0.25) is 9.69 Å². The molecule has 0 bridgehead atoms.